The molecule has 0 saturated carbocycles. The minimum atomic E-state index is -0.566. The third kappa shape index (κ3) is 3.63. The second kappa shape index (κ2) is 6.03. The van der Waals surface area contributed by atoms with Crippen LogP contribution in [-0.4, -0.2) is 17.6 Å². The molecule has 0 aliphatic heterocycles. The van der Waals surface area contributed by atoms with Crippen LogP contribution in [0.3, 0.4) is 0 Å². The van der Waals surface area contributed by atoms with Crippen LogP contribution in [0.25, 0.3) is 0 Å². The maximum absolute atomic E-state index is 12.8. The summed E-state index contributed by atoms with van der Waals surface area (Å²) in [4.78, 5) is 11.3. The van der Waals surface area contributed by atoms with Crippen LogP contribution in [0, 0.1) is 5.82 Å². The summed E-state index contributed by atoms with van der Waals surface area (Å²) >= 11 is 11.4. The molecular formula is C10H10Cl2FNO2. The third-order valence-corrected chi connectivity index (χ3v) is 2.43. The fraction of sp³-hybridized carbons (Fsp3) is 0.300. The topological polar surface area (TPSA) is 49.3 Å². The van der Waals surface area contributed by atoms with Crippen LogP contribution >= 0.6 is 23.2 Å². The maximum Gasteiger partial charge on any atom is 0.224 e. The molecule has 1 aromatic rings. The van der Waals surface area contributed by atoms with Crippen LogP contribution in [-0.2, 0) is 4.79 Å². The molecule has 0 aliphatic rings. The zero-order valence-corrected chi connectivity index (χ0v) is 9.78. The molecule has 16 heavy (non-hydrogen) atoms. The van der Waals surface area contributed by atoms with E-state index < -0.39 is 5.82 Å². The SMILES string of the molecule is O=C(CCCO)Nc1c(Cl)cc(F)cc1Cl. The summed E-state index contributed by atoms with van der Waals surface area (Å²) in [5.74, 6) is -0.896. The molecule has 0 heterocycles. The number of benzene rings is 1. The van der Waals surface area contributed by atoms with E-state index in [4.69, 9.17) is 28.3 Å². The highest BCUT2D eigenvalue weighted by Crippen LogP contribution is 2.31. The first-order valence-corrected chi connectivity index (χ1v) is 5.35. The fourth-order valence-electron chi connectivity index (χ4n) is 1.10. The van der Waals surface area contributed by atoms with Crippen molar-refractivity contribution in [2.45, 2.75) is 12.8 Å². The Kier molecular flexibility index (Phi) is 4.99. The van der Waals surface area contributed by atoms with E-state index in [1.54, 1.807) is 0 Å². The van der Waals surface area contributed by atoms with Crippen LogP contribution < -0.4 is 5.32 Å². The van der Waals surface area contributed by atoms with E-state index in [9.17, 15) is 9.18 Å². The van der Waals surface area contributed by atoms with E-state index in [1.165, 1.54) is 0 Å². The number of rotatable bonds is 4. The van der Waals surface area contributed by atoms with E-state index in [0.29, 0.717) is 6.42 Å². The lowest BCUT2D eigenvalue weighted by Gasteiger charge is -2.08. The molecule has 0 radical (unpaired) electrons. The molecule has 1 amide bonds. The molecule has 0 aliphatic carbocycles. The molecule has 88 valence electrons. The summed E-state index contributed by atoms with van der Waals surface area (Å²) in [5, 5.41) is 11.1. The first-order chi connectivity index (χ1) is 7.54. The van der Waals surface area contributed by atoms with E-state index in [2.05, 4.69) is 5.32 Å². The van der Waals surface area contributed by atoms with Crippen molar-refractivity contribution in [3.63, 3.8) is 0 Å². The predicted octanol–water partition coefficient (Wildman–Crippen LogP) is 2.84. The van der Waals surface area contributed by atoms with Crippen molar-refractivity contribution in [3.8, 4) is 0 Å². The van der Waals surface area contributed by atoms with Crippen LogP contribution in [0.2, 0.25) is 10.0 Å². The lowest BCUT2D eigenvalue weighted by molar-refractivity contribution is -0.116. The number of hydrogen-bond acceptors (Lipinski definition) is 2. The monoisotopic (exact) mass is 265 g/mol. The quantitative estimate of drug-likeness (QED) is 0.880. The van der Waals surface area contributed by atoms with Crippen molar-refractivity contribution in [2.24, 2.45) is 0 Å². The number of nitrogens with one attached hydrogen (secondary N) is 1. The average molecular weight is 266 g/mol. The minimum absolute atomic E-state index is 0.0438. The highest BCUT2D eigenvalue weighted by molar-refractivity contribution is 6.39. The molecule has 1 aromatic carbocycles. The van der Waals surface area contributed by atoms with Gasteiger partial charge in [-0.05, 0) is 18.6 Å². The van der Waals surface area contributed by atoms with Gasteiger partial charge in [0.1, 0.15) is 5.82 Å². The van der Waals surface area contributed by atoms with Gasteiger partial charge in [0.2, 0.25) is 5.91 Å². The van der Waals surface area contributed by atoms with Gasteiger partial charge in [-0.15, -0.1) is 0 Å². The Morgan fingerprint density at radius 3 is 2.44 bits per heavy atom. The molecular weight excluding hydrogens is 256 g/mol. The number of anilines is 1. The predicted molar refractivity (Wildman–Crippen MR) is 61.4 cm³/mol. The smallest absolute Gasteiger partial charge is 0.224 e. The fourth-order valence-corrected chi connectivity index (χ4v) is 1.66. The highest BCUT2D eigenvalue weighted by Gasteiger charge is 2.11. The van der Waals surface area contributed by atoms with E-state index in [0.717, 1.165) is 12.1 Å². The van der Waals surface area contributed by atoms with Gasteiger partial charge in [0.25, 0.3) is 0 Å². The van der Waals surface area contributed by atoms with Gasteiger partial charge in [-0.2, -0.15) is 0 Å². The average Bonchev–Trinajstić information content (AvgIpc) is 2.20. The van der Waals surface area contributed by atoms with Crippen LogP contribution in [0.4, 0.5) is 10.1 Å². The van der Waals surface area contributed by atoms with Crippen molar-refractivity contribution in [1.82, 2.24) is 0 Å². The largest absolute Gasteiger partial charge is 0.396 e. The molecule has 0 aromatic heterocycles. The summed E-state index contributed by atoms with van der Waals surface area (Å²) in [5.41, 5.74) is 0.188. The summed E-state index contributed by atoms with van der Waals surface area (Å²) in [6.07, 6.45) is 0.503. The first kappa shape index (κ1) is 13.2. The molecule has 0 fully saturated rings. The molecule has 0 saturated heterocycles. The second-order valence-corrected chi connectivity index (χ2v) is 3.93. The lowest BCUT2D eigenvalue weighted by atomic mass is 10.2. The van der Waals surface area contributed by atoms with Crippen molar-refractivity contribution >= 4 is 34.8 Å². The Hall–Kier alpha value is -0.840. The van der Waals surface area contributed by atoms with Crippen molar-refractivity contribution in [3.05, 3.63) is 28.0 Å². The Labute approximate surface area is 102 Å². The van der Waals surface area contributed by atoms with Crippen molar-refractivity contribution in [1.29, 1.82) is 0 Å². The van der Waals surface area contributed by atoms with Crippen molar-refractivity contribution in [2.75, 3.05) is 11.9 Å². The number of amides is 1. The first-order valence-electron chi connectivity index (χ1n) is 4.60. The number of carbonyl (C=O) groups is 1. The van der Waals surface area contributed by atoms with Crippen molar-refractivity contribution < 1.29 is 14.3 Å². The molecule has 0 spiro atoms. The van der Waals surface area contributed by atoms with Gasteiger partial charge in [-0.3, -0.25) is 4.79 Å². The minimum Gasteiger partial charge on any atom is -0.396 e. The molecule has 2 N–H and O–H groups in total. The zero-order valence-electron chi connectivity index (χ0n) is 8.27. The summed E-state index contributed by atoms with van der Waals surface area (Å²) < 4.78 is 12.8. The number of hydrogen-bond donors (Lipinski definition) is 2. The Morgan fingerprint density at radius 2 is 1.94 bits per heavy atom. The molecule has 1 rings (SSSR count). The van der Waals surface area contributed by atoms with Gasteiger partial charge in [-0.25, -0.2) is 4.39 Å². The van der Waals surface area contributed by atoms with E-state index >= 15 is 0 Å². The van der Waals surface area contributed by atoms with Gasteiger partial charge >= 0.3 is 0 Å². The second-order valence-electron chi connectivity index (χ2n) is 3.12. The molecule has 3 nitrogen and oxygen atoms in total. The van der Waals surface area contributed by atoms with E-state index in [-0.39, 0.29) is 34.7 Å². The zero-order chi connectivity index (χ0) is 12.1. The highest BCUT2D eigenvalue weighted by atomic mass is 35.5. The number of aliphatic hydroxyl groups is 1. The molecule has 0 atom stereocenters. The lowest BCUT2D eigenvalue weighted by Crippen LogP contribution is -2.12. The Morgan fingerprint density at radius 1 is 1.38 bits per heavy atom. The summed E-state index contributed by atoms with van der Waals surface area (Å²) in [6, 6.07) is 2.13. The van der Waals surface area contributed by atoms with Gasteiger partial charge in [-0.1, -0.05) is 23.2 Å². The number of aliphatic hydroxyl groups excluding tert-OH is 1. The maximum atomic E-state index is 12.8. The molecule has 6 heteroatoms. The van der Waals surface area contributed by atoms with Crippen LogP contribution in [0.5, 0.6) is 0 Å². The van der Waals surface area contributed by atoms with Gasteiger partial charge in [0.05, 0.1) is 15.7 Å². The van der Waals surface area contributed by atoms with E-state index in [1.807, 2.05) is 0 Å². The number of halogens is 3. The molecule has 0 bridgehead atoms. The van der Waals surface area contributed by atoms with Gasteiger partial charge in [0.15, 0.2) is 0 Å². The Bertz CT molecular complexity index is 375. The van der Waals surface area contributed by atoms with Gasteiger partial charge in [0, 0.05) is 13.0 Å². The Balaban J connectivity index is 2.77. The van der Waals surface area contributed by atoms with Crippen LogP contribution in [0.1, 0.15) is 12.8 Å². The van der Waals surface area contributed by atoms with Crippen LogP contribution in [0.15, 0.2) is 12.1 Å². The third-order valence-electron chi connectivity index (χ3n) is 1.83. The number of carbonyl (C=O) groups excluding carboxylic acids is 1. The van der Waals surface area contributed by atoms with Gasteiger partial charge < -0.3 is 10.4 Å². The molecule has 0 unspecified atom stereocenters. The normalized spacial score (nSPS) is 10.2. The summed E-state index contributed by atoms with van der Waals surface area (Å²) in [7, 11) is 0. The summed E-state index contributed by atoms with van der Waals surface area (Å²) in [6.45, 7) is -0.0711. The standard InChI is InChI=1S/C10H10Cl2FNO2/c11-7-4-6(13)5-8(12)10(7)14-9(16)2-1-3-15/h4-5,15H,1-3H2,(H,14,16).